The molecule has 0 radical (unpaired) electrons. The molecule has 0 bridgehead atoms. The summed E-state index contributed by atoms with van der Waals surface area (Å²) >= 11 is 3.42. The first-order valence-corrected chi connectivity index (χ1v) is 7.71. The molecule has 3 heterocycles. The lowest BCUT2D eigenvalue weighted by Crippen LogP contribution is -2.46. The highest BCUT2D eigenvalue weighted by atomic mass is 79.9. The molecule has 1 N–H and O–H groups in total. The average molecular weight is 324 g/mol. The number of hydrogen-bond donors (Lipinski definition) is 1. The zero-order valence-electron chi connectivity index (χ0n) is 10.8. The summed E-state index contributed by atoms with van der Waals surface area (Å²) in [5.41, 5.74) is 0.535. The fourth-order valence-electron chi connectivity index (χ4n) is 3.18. The maximum absolute atomic E-state index is 12.6. The molecule has 3 rings (SSSR count). The predicted molar refractivity (Wildman–Crippen MR) is 77.0 cm³/mol. The quantitative estimate of drug-likeness (QED) is 0.907. The number of likely N-dealkylation sites (tertiary alicyclic amines) is 1. The zero-order valence-corrected chi connectivity index (χ0v) is 12.4. The van der Waals surface area contributed by atoms with Gasteiger partial charge in [0.25, 0.3) is 5.91 Å². The smallest absolute Gasteiger partial charge is 0.273 e. The monoisotopic (exact) mass is 323 g/mol. The van der Waals surface area contributed by atoms with E-state index >= 15 is 0 Å². The Kier molecular flexibility index (Phi) is 3.84. The molecule has 2 unspecified atom stereocenters. The van der Waals surface area contributed by atoms with E-state index in [2.05, 4.69) is 26.2 Å². The zero-order chi connectivity index (χ0) is 13.2. The van der Waals surface area contributed by atoms with Gasteiger partial charge in [0.15, 0.2) is 0 Å². The van der Waals surface area contributed by atoms with Gasteiger partial charge >= 0.3 is 0 Å². The first-order chi connectivity index (χ1) is 9.27. The maximum Gasteiger partial charge on any atom is 0.273 e. The number of halogens is 1. The Hall–Kier alpha value is -0.940. The van der Waals surface area contributed by atoms with E-state index < -0.39 is 0 Å². The summed E-state index contributed by atoms with van der Waals surface area (Å²) in [4.78, 5) is 18.9. The van der Waals surface area contributed by atoms with Crippen LogP contribution in [0, 0.1) is 0 Å². The van der Waals surface area contributed by atoms with Gasteiger partial charge in [-0.05, 0) is 60.3 Å². The van der Waals surface area contributed by atoms with Crippen molar-refractivity contribution in [3.63, 3.8) is 0 Å². The second kappa shape index (κ2) is 5.59. The van der Waals surface area contributed by atoms with Crippen LogP contribution in [0.15, 0.2) is 22.8 Å². The van der Waals surface area contributed by atoms with Crippen molar-refractivity contribution in [1.82, 2.24) is 15.2 Å². The molecule has 0 aromatic carbocycles. The first kappa shape index (κ1) is 13.1. The van der Waals surface area contributed by atoms with Crippen molar-refractivity contribution in [2.45, 2.75) is 37.8 Å². The molecule has 2 aliphatic heterocycles. The van der Waals surface area contributed by atoms with Crippen molar-refractivity contribution in [2.75, 3.05) is 13.1 Å². The minimum Gasteiger partial charge on any atom is -0.333 e. The van der Waals surface area contributed by atoms with Crippen LogP contribution in [0.1, 0.15) is 36.2 Å². The molecular formula is C14H18BrN3O. The van der Waals surface area contributed by atoms with E-state index in [1.807, 2.05) is 17.0 Å². The summed E-state index contributed by atoms with van der Waals surface area (Å²) in [6, 6.07) is 4.51. The van der Waals surface area contributed by atoms with Gasteiger partial charge in [0, 0.05) is 29.3 Å². The molecule has 1 aromatic heterocycles. The number of hydrogen-bond acceptors (Lipinski definition) is 3. The lowest BCUT2D eigenvalue weighted by Gasteiger charge is -2.29. The molecule has 102 valence electrons. The largest absolute Gasteiger partial charge is 0.333 e. The molecule has 19 heavy (non-hydrogen) atoms. The number of pyridine rings is 1. The number of carbonyl (C=O) groups is 1. The number of amides is 1. The van der Waals surface area contributed by atoms with Gasteiger partial charge in [-0.3, -0.25) is 4.79 Å². The Bertz CT molecular complexity index is 474. The summed E-state index contributed by atoms with van der Waals surface area (Å²) in [5, 5.41) is 3.52. The maximum atomic E-state index is 12.6. The molecule has 1 aromatic rings. The van der Waals surface area contributed by atoms with E-state index in [-0.39, 0.29) is 5.91 Å². The highest BCUT2D eigenvalue weighted by molar-refractivity contribution is 9.10. The normalized spacial score (nSPS) is 26.9. The Morgan fingerprint density at radius 1 is 1.42 bits per heavy atom. The first-order valence-electron chi connectivity index (χ1n) is 6.92. The Balaban J connectivity index is 1.80. The molecule has 4 nitrogen and oxygen atoms in total. The van der Waals surface area contributed by atoms with Gasteiger partial charge in [-0.2, -0.15) is 0 Å². The van der Waals surface area contributed by atoms with Crippen LogP contribution in [0.5, 0.6) is 0 Å². The predicted octanol–water partition coefficient (Wildman–Crippen LogP) is 2.20. The summed E-state index contributed by atoms with van der Waals surface area (Å²) in [5.74, 6) is 0.0590. The second-order valence-corrected chi connectivity index (χ2v) is 6.10. The van der Waals surface area contributed by atoms with Crippen LogP contribution in [0.2, 0.25) is 0 Å². The van der Waals surface area contributed by atoms with Crippen LogP contribution in [0.25, 0.3) is 0 Å². The van der Waals surface area contributed by atoms with Crippen LogP contribution in [0.4, 0.5) is 0 Å². The van der Waals surface area contributed by atoms with E-state index in [0.29, 0.717) is 17.8 Å². The lowest BCUT2D eigenvalue weighted by molar-refractivity contribution is 0.0704. The molecule has 2 fully saturated rings. The molecule has 0 spiro atoms. The molecule has 1 amide bonds. The third kappa shape index (κ3) is 2.54. The van der Waals surface area contributed by atoms with E-state index in [0.717, 1.165) is 30.4 Å². The Labute approximate surface area is 121 Å². The number of nitrogens with zero attached hydrogens (tertiary/aromatic N) is 2. The molecule has 2 saturated heterocycles. The van der Waals surface area contributed by atoms with Crippen molar-refractivity contribution >= 4 is 21.8 Å². The van der Waals surface area contributed by atoms with Crippen molar-refractivity contribution in [1.29, 1.82) is 0 Å². The summed E-state index contributed by atoms with van der Waals surface area (Å²) in [6.07, 6.45) is 6.28. The number of carbonyl (C=O) groups excluding carboxylic acids is 1. The topological polar surface area (TPSA) is 45.2 Å². The van der Waals surface area contributed by atoms with Gasteiger partial charge in [0.05, 0.1) is 0 Å². The van der Waals surface area contributed by atoms with E-state index in [1.165, 1.54) is 12.8 Å². The van der Waals surface area contributed by atoms with E-state index in [1.54, 1.807) is 6.20 Å². The summed E-state index contributed by atoms with van der Waals surface area (Å²) in [6.45, 7) is 1.93. The van der Waals surface area contributed by atoms with Crippen LogP contribution >= 0.6 is 15.9 Å². The molecule has 2 atom stereocenters. The van der Waals surface area contributed by atoms with Gasteiger partial charge < -0.3 is 10.2 Å². The summed E-state index contributed by atoms with van der Waals surface area (Å²) in [7, 11) is 0. The summed E-state index contributed by atoms with van der Waals surface area (Å²) < 4.78 is 0.782. The highest BCUT2D eigenvalue weighted by Gasteiger charge is 2.36. The van der Waals surface area contributed by atoms with Gasteiger partial charge in [0.1, 0.15) is 5.69 Å². The van der Waals surface area contributed by atoms with Crippen LogP contribution in [-0.2, 0) is 0 Å². The highest BCUT2D eigenvalue weighted by Crippen LogP contribution is 2.27. The van der Waals surface area contributed by atoms with Gasteiger partial charge in [-0.1, -0.05) is 0 Å². The minimum atomic E-state index is 0.0590. The van der Waals surface area contributed by atoms with Crippen molar-refractivity contribution in [3.8, 4) is 0 Å². The van der Waals surface area contributed by atoms with Crippen LogP contribution < -0.4 is 5.32 Å². The number of rotatable bonds is 2. The Morgan fingerprint density at radius 2 is 2.32 bits per heavy atom. The lowest BCUT2D eigenvalue weighted by atomic mass is 10.0. The van der Waals surface area contributed by atoms with E-state index in [9.17, 15) is 4.79 Å². The third-order valence-corrected chi connectivity index (χ3v) is 4.72. The fourth-order valence-corrected chi connectivity index (χ4v) is 3.61. The molecule has 0 saturated carbocycles. The third-order valence-electron chi connectivity index (χ3n) is 4.08. The molecular weight excluding hydrogens is 306 g/mol. The van der Waals surface area contributed by atoms with Gasteiger partial charge in [-0.15, -0.1) is 0 Å². The van der Waals surface area contributed by atoms with Gasteiger partial charge in [0.2, 0.25) is 0 Å². The van der Waals surface area contributed by atoms with Crippen LogP contribution in [0.3, 0.4) is 0 Å². The standard InChI is InChI=1S/C14H18BrN3O/c15-10-4-1-8-17-13(10)14(19)18-9-3-6-12(18)11-5-2-7-16-11/h1,4,8,11-12,16H,2-3,5-7,9H2. The van der Waals surface area contributed by atoms with Crippen LogP contribution in [-0.4, -0.2) is 41.0 Å². The fraction of sp³-hybridized carbons (Fsp3) is 0.571. The Morgan fingerprint density at radius 3 is 3.05 bits per heavy atom. The molecule has 5 heteroatoms. The minimum absolute atomic E-state index is 0.0590. The molecule has 2 aliphatic rings. The van der Waals surface area contributed by atoms with Crippen molar-refractivity contribution in [3.05, 3.63) is 28.5 Å². The second-order valence-electron chi connectivity index (χ2n) is 5.24. The SMILES string of the molecule is O=C(c1ncccc1Br)N1CCCC1C1CCCN1. The van der Waals surface area contributed by atoms with Gasteiger partial charge in [-0.25, -0.2) is 4.98 Å². The number of nitrogens with one attached hydrogen (secondary N) is 1. The van der Waals surface area contributed by atoms with E-state index in [4.69, 9.17) is 0 Å². The van der Waals surface area contributed by atoms with Crippen molar-refractivity contribution in [2.24, 2.45) is 0 Å². The van der Waals surface area contributed by atoms with Crippen molar-refractivity contribution < 1.29 is 4.79 Å². The average Bonchev–Trinajstić information content (AvgIpc) is 3.09. The molecule has 0 aliphatic carbocycles. The number of aromatic nitrogens is 1.